The minimum atomic E-state index is -0.466. The van der Waals surface area contributed by atoms with Crippen LogP contribution in [0.5, 0.6) is 0 Å². The second-order valence-electron chi connectivity index (χ2n) is 6.99. The lowest BCUT2D eigenvalue weighted by atomic mass is 9.82. The Kier molecular flexibility index (Phi) is 4.74. The van der Waals surface area contributed by atoms with Crippen LogP contribution >= 0.6 is 15.9 Å². The molecule has 0 aliphatic carbocycles. The molecule has 0 radical (unpaired) electrons. The van der Waals surface area contributed by atoms with E-state index in [2.05, 4.69) is 43.5 Å². The fourth-order valence-electron chi connectivity index (χ4n) is 3.71. The van der Waals surface area contributed by atoms with Gasteiger partial charge in [0.25, 0.3) is 5.91 Å². The maximum Gasteiger partial charge on any atom is 0.257 e. The van der Waals surface area contributed by atoms with E-state index in [9.17, 15) is 4.79 Å². The number of aromatic nitrogens is 3. The molecule has 1 fully saturated rings. The molecule has 2 aromatic heterocycles. The van der Waals surface area contributed by atoms with Gasteiger partial charge in [0.1, 0.15) is 5.56 Å². The van der Waals surface area contributed by atoms with Crippen LogP contribution in [0, 0.1) is 13.8 Å². The Morgan fingerprint density at radius 1 is 1.26 bits per heavy atom. The molecular formula is C20H21BrN4O2. The summed E-state index contributed by atoms with van der Waals surface area (Å²) in [5, 5.41) is 7.62. The van der Waals surface area contributed by atoms with Gasteiger partial charge in [0.15, 0.2) is 5.65 Å². The van der Waals surface area contributed by atoms with Gasteiger partial charge in [-0.1, -0.05) is 28.1 Å². The number of carbonyl (C=O) groups excluding carboxylic acids is 1. The zero-order chi connectivity index (χ0) is 19.0. The molecule has 140 valence electrons. The number of aryl methyl sites for hydroxylation is 2. The van der Waals surface area contributed by atoms with Crippen molar-refractivity contribution in [3.8, 4) is 0 Å². The van der Waals surface area contributed by atoms with E-state index in [1.807, 2.05) is 32.0 Å². The standard InChI is InChI=1S/C20H21BrN4O2/c1-13-10-14(2)25-18(23-13)17(12-22-25)19(26)24-20(6-8-27-9-7-20)15-4-3-5-16(21)11-15/h3-5,10-12H,6-9H2,1-2H3,(H,24,26). The van der Waals surface area contributed by atoms with Crippen LogP contribution in [0.1, 0.15) is 40.2 Å². The molecule has 27 heavy (non-hydrogen) atoms. The molecule has 0 bridgehead atoms. The lowest BCUT2D eigenvalue weighted by Crippen LogP contribution is -2.49. The van der Waals surface area contributed by atoms with Crippen molar-refractivity contribution in [3.63, 3.8) is 0 Å². The van der Waals surface area contributed by atoms with Crippen LogP contribution in [-0.4, -0.2) is 33.7 Å². The molecule has 0 atom stereocenters. The number of nitrogens with zero attached hydrogens (tertiary/aromatic N) is 3. The number of rotatable bonds is 3. The summed E-state index contributed by atoms with van der Waals surface area (Å²) in [4.78, 5) is 17.7. The van der Waals surface area contributed by atoms with Crippen LogP contribution < -0.4 is 5.32 Å². The van der Waals surface area contributed by atoms with Gasteiger partial charge in [-0.2, -0.15) is 5.10 Å². The summed E-state index contributed by atoms with van der Waals surface area (Å²) in [6.45, 7) is 5.09. The van der Waals surface area contributed by atoms with Crippen LogP contribution in [0.4, 0.5) is 0 Å². The van der Waals surface area contributed by atoms with E-state index < -0.39 is 5.54 Å². The summed E-state index contributed by atoms with van der Waals surface area (Å²) in [7, 11) is 0. The average Bonchev–Trinajstić information content (AvgIpc) is 3.07. The second-order valence-corrected chi connectivity index (χ2v) is 7.91. The monoisotopic (exact) mass is 428 g/mol. The van der Waals surface area contributed by atoms with Gasteiger partial charge in [-0.15, -0.1) is 0 Å². The van der Waals surface area contributed by atoms with Crippen molar-refractivity contribution in [2.24, 2.45) is 0 Å². The van der Waals surface area contributed by atoms with E-state index in [1.54, 1.807) is 10.7 Å². The highest BCUT2D eigenvalue weighted by molar-refractivity contribution is 9.10. The Morgan fingerprint density at radius 3 is 2.78 bits per heavy atom. The van der Waals surface area contributed by atoms with Crippen molar-refractivity contribution in [1.29, 1.82) is 0 Å². The molecule has 0 saturated carbocycles. The van der Waals surface area contributed by atoms with Gasteiger partial charge in [0.2, 0.25) is 0 Å². The Labute approximate surface area is 166 Å². The van der Waals surface area contributed by atoms with Crippen LogP contribution in [0.2, 0.25) is 0 Å². The van der Waals surface area contributed by atoms with Crippen molar-refractivity contribution in [2.75, 3.05) is 13.2 Å². The Bertz CT molecular complexity index is 1010. The molecule has 0 spiro atoms. The summed E-state index contributed by atoms with van der Waals surface area (Å²) < 4.78 is 8.25. The molecular weight excluding hydrogens is 408 g/mol. The fraction of sp³-hybridized carbons (Fsp3) is 0.350. The Morgan fingerprint density at radius 2 is 2.04 bits per heavy atom. The molecule has 6 nitrogen and oxygen atoms in total. The lowest BCUT2D eigenvalue weighted by Gasteiger charge is -2.38. The number of amides is 1. The number of hydrogen-bond acceptors (Lipinski definition) is 4. The van der Waals surface area contributed by atoms with Crippen LogP contribution in [-0.2, 0) is 10.3 Å². The number of nitrogens with one attached hydrogen (secondary N) is 1. The first kappa shape index (κ1) is 18.1. The zero-order valence-electron chi connectivity index (χ0n) is 15.3. The molecule has 1 N–H and O–H groups in total. The average molecular weight is 429 g/mol. The molecule has 1 aliphatic rings. The summed E-state index contributed by atoms with van der Waals surface area (Å²) in [5.74, 6) is -0.163. The van der Waals surface area contributed by atoms with Crippen LogP contribution in [0.25, 0.3) is 5.65 Å². The highest BCUT2D eigenvalue weighted by atomic mass is 79.9. The van der Waals surface area contributed by atoms with E-state index in [0.29, 0.717) is 24.4 Å². The third-order valence-electron chi connectivity index (χ3n) is 5.10. The normalized spacial score (nSPS) is 16.4. The molecule has 1 saturated heterocycles. The Hall–Kier alpha value is -2.25. The number of hydrogen-bond donors (Lipinski definition) is 1. The number of benzene rings is 1. The minimum Gasteiger partial charge on any atom is -0.381 e. The third kappa shape index (κ3) is 3.37. The van der Waals surface area contributed by atoms with Gasteiger partial charge in [-0.05, 0) is 50.5 Å². The van der Waals surface area contributed by atoms with Crippen molar-refractivity contribution in [3.05, 3.63) is 63.5 Å². The summed E-state index contributed by atoms with van der Waals surface area (Å²) in [6.07, 6.45) is 3.04. The molecule has 0 unspecified atom stereocenters. The first-order valence-electron chi connectivity index (χ1n) is 8.97. The van der Waals surface area contributed by atoms with Crippen molar-refractivity contribution >= 4 is 27.5 Å². The van der Waals surface area contributed by atoms with Gasteiger partial charge in [0, 0.05) is 29.1 Å². The smallest absolute Gasteiger partial charge is 0.257 e. The third-order valence-corrected chi connectivity index (χ3v) is 5.59. The molecule has 7 heteroatoms. The molecule has 3 heterocycles. The second kappa shape index (κ2) is 7.05. The van der Waals surface area contributed by atoms with E-state index in [-0.39, 0.29) is 5.91 Å². The number of ether oxygens (including phenoxy) is 1. The first-order chi connectivity index (χ1) is 13.0. The minimum absolute atomic E-state index is 0.163. The first-order valence-corrected chi connectivity index (χ1v) is 9.76. The topological polar surface area (TPSA) is 68.5 Å². The van der Waals surface area contributed by atoms with Gasteiger partial charge in [-0.25, -0.2) is 9.50 Å². The van der Waals surface area contributed by atoms with Gasteiger partial charge < -0.3 is 10.1 Å². The van der Waals surface area contributed by atoms with E-state index in [0.717, 1.165) is 34.3 Å². The van der Waals surface area contributed by atoms with Crippen molar-refractivity contribution in [2.45, 2.75) is 32.2 Å². The SMILES string of the molecule is Cc1cc(C)n2ncc(C(=O)NC3(c4cccc(Br)c4)CCOCC3)c2n1. The molecule has 1 aromatic carbocycles. The van der Waals surface area contributed by atoms with Crippen LogP contribution in [0.15, 0.2) is 41.0 Å². The summed E-state index contributed by atoms with van der Waals surface area (Å²) >= 11 is 3.54. The zero-order valence-corrected chi connectivity index (χ0v) is 16.9. The summed E-state index contributed by atoms with van der Waals surface area (Å²) in [6, 6.07) is 10.0. The van der Waals surface area contributed by atoms with E-state index in [4.69, 9.17) is 4.74 Å². The van der Waals surface area contributed by atoms with Gasteiger partial charge in [0.05, 0.1) is 11.7 Å². The van der Waals surface area contributed by atoms with E-state index >= 15 is 0 Å². The predicted molar refractivity (Wildman–Crippen MR) is 106 cm³/mol. The fourth-order valence-corrected chi connectivity index (χ4v) is 4.11. The highest BCUT2D eigenvalue weighted by Crippen LogP contribution is 2.34. The van der Waals surface area contributed by atoms with E-state index in [1.165, 1.54) is 0 Å². The maximum absolute atomic E-state index is 13.2. The highest BCUT2D eigenvalue weighted by Gasteiger charge is 2.37. The van der Waals surface area contributed by atoms with Crippen molar-refractivity contribution < 1.29 is 9.53 Å². The molecule has 4 rings (SSSR count). The molecule has 1 amide bonds. The Balaban J connectivity index is 1.73. The maximum atomic E-state index is 13.2. The number of halogens is 1. The van der Waals surface area contributed by atoms with Crippen molar-refractivity contribution in [1.82, 2.24) is 19.9 Å². The van der Waals surface area contributed by atoms with Crippen LogP contribution in [0.3, 0.4) is 0 Å². The lowest BCUT2D eigenvalue weighted by molar-refractivity contribution is 0.0345. The predicted octanol–water partition coefficient (Wildman–Crippen LogP) is 3.54. The van der Waals surface area contributed by atoms with Gasteiger partial charge >= 0.3 is 0 Å². The largest absolute Gasteiger partial charge is 0.381 e. The number of fused-ring (bicyclic) bond motifs is 1. The van der Waals surface area contributed by atoms with Gasteiger partial charge in [-0.3, -0.25) is 4.79 Å². The molecule has 3 aromatic rings. The molecule has 1 aliphatic heterocycles. The quantitative estimate of drug-likeness (QED) is 0.692. The summed E-state index contributed by atoms with van der Waals surface area (Å²) in [5.41, 5.74) is 3.49. The number of carbonyl (C=O) groups is 1.